The first-order chi connectivity index (χ1) is 8.11. The van der Waals surface area contributed by atoms with Gasteiger partial charge in [-0.25, -0.2) is 0 Å². The van der Waals surface area contributed by atoms with Crippen LogP contribution < -0.4 is 5.73 Å². The average Bonchev–Trinajstić information content (AvgIpc) is 2.29. The van der Waals surface area contributed by atoms with Crippen molar-refractivity contribution >= 4 is 25.0 Å². The van der Waals surface area contributed by atoms with Crippen LogP contribution in [-0.2, 0) is 13.6 Å². The van der Waals surface area contributed by atoms with Crippen LogP contribution in [0.5, 0.6) is 0 Å². The van der Waals surface area contributed by atoms with Gasteiger partial charge in [0.2, 0.25) is 0 Å². The highest BCUT2D eigenvalue weighted by atomic mass is 32.2. The molecule has 0 unspecified atom stereocenters. The topological polar surface area (TPSA) is 61.5 Å². The van der Waals surface area contributed by atoms with Crippen LogP contribution in [-0.4, -0.2) is 18.7 Å². The van der Waals surface area contributed by atoms with E-state index in [1.165, 1.54) is 11.8 Å². The maximum absolute atomic E-state index is 12.2. The van der Waals surface area contributed by atoms with Gasteiger partial charge in [-0.3, -0.25) is 4.57 Å². The molecular formula is C11H18NO3PS. The van der Waals surface area contributed by atoms with Crippen LogP contribution in [0.3, 0.4) is 0 Å². The lowest BCUT2D eigenvalue weighted by molar-refractivity contribution is 0.224. The minimum absolute atomic E-state index is 0.281. The Hall–Kier alpha value is -0.480. The number of benzene rings is 1. The van der Waals surface area contributed by atoms with E-state index in [0.29, 0.717) is 18.9 Å². The van der Waals surface area contributed by atoms with E-state index in [4.69, 9.17) is 14.8 Å². The molecule has 1 aromatic rings. The standard InChI is InChI=1S/C11H18NO3PS/c1-3-14-16(13,15-4-2)9-17-11-8-6-5-7-10(11)12/h5-8H,3-4,9,12H2,1-2H3. The number of rotatable bonds is 7. The molecule has 4 nitrogen and oxygen atoms in total. The predicted octanol–water partition coefficient (Wildman–Crippen LogP) is 3.58. The van der Waals surface area contributed by atoms with Crippen molar-refractivity contribution in [2.75, 3.05) is 24.4 Å². The number of anilines is 1. The van der Waals surface area contributed by atoms with E-state index in [9.17, 15) is 4.57 Å². The first-order valence-corrected chi connectivity index (χ1v) is 8.18. The van der Waals surface area contributed by atoms with Gasteiger partial charge in [-0.2, -0.15) is 0 Å². The molecular weight excluding hydrogens is 257 g/mol. The fourth-order valence-electron chi connectivity index (χ4n) is 1.27. The van der Waals surface area contributed by atoms with Gasteiger partial charge in [-0.05, 0) is 26.0 Å². The van der Waals surface area contributed by atoms with Crippen LogP contribution >= 0.6 is 19.4 Å². The van der Waals surface area contributed by atoms with E-state index in [0.717, 1.165) is 4.90 Å². The van der Waals surface area contributed by atoms with Gasteiger partial charge in [0.05, 0.1) is 13.2 Å². The molecule has 0 fully saturated rings. The molecule has 6 heteroatoms. The number of para-hydroxylation sites is 1. The minimum atomic E-state index is -3.00. The van der Waals surface area contributed by atoms with Gasteiger partial charge < -0.3 is 14.8 Å². The van der Waals surface area contributed by atoms with Crippen LogP contribution in [0.25, 0.3) is 0 Å². The van der Waals surface area contributed by atoms with Gasteiger partial charge in [0, 0.05) is 10.6 Å². The number of nitrogens with two attached hydrogens (primary N) is 1. The van der Waals surface area contributed by atoms with Crippen LogP contribution in [0.2, 0.25) is 0 Å². The number of hydrogen-bond donors (Lipinski definition) is 1. The van der Waals surface area contributed by atoms with E-state index in [-0.39, 0.29) is 5.49 Å². The fraction of sp³-hybridized carbons (Fsp3) is 0.455. The summed E-state index contributed by atoms with van der Waals surface area (Å²) in [7, 11) is -3.00. The summed E-state index contributed by atoms with van der Waals surface area (Å²) in [6.07, 6.45) is 0. The summed E-state index contributed by atoms with van der Waals surface area (Å²) in [5.74, 6) is 0. The van der Waals surface area contributed by atoms with Gasteiger partial charge in [-0.1, -0.05) is 12.1 Å². The quantitative estimate of drug-likeness (QED) is 0.468. The molecule has 17 heavy (non-hydrogen) atoms. The number of thioether (sulfide) groups is 1. The Balaban J connectivity index is 2.64. The van der Waals surface area contributed by atoms with Crippen LogP contribution in [0.1, 0.15) is 13.8 Å². The molecule has 1 rings (SSSR count). The zero-order chi connectivity index (χ0) is 12.7. The van der Waals surface area contributed by atoms with Gasteiger partial charge in [0.25, 0.3) is 0 Å². The zero-order valence-electron chi connectivity index (χ0n) is 10.1. The minimum Gasteiger partial charge on any atom is -0.398 e. The molecule has 1 aromatic carbocycles. The fourth-order valence-corrected chi connectivity index (χ4v) is 4.32. The highest BCUT2D eigenvalue weighted by Crippen LogP contribution is 2.52. The molecule has 0 atom stereocenters. The monoisotopic (exact) mass is 275 g/mol. The zero-order valence-corrected chi connectivity index (χ0v) is 11.8. The van der Waals surface area contributed by atoms with Crippen molar-refractivity contribution in [2.24, 2.45) is 0 Å². The highest BCUT2D eigenvalue weighted by molar-refractivity contribution is 8.04. The SMILES string of the molecule is CCOP(=O)(CSc1ccccc1N)OCC. The highest BCUT2D eigenvalue weighted by Gasteiger charge is 2.23. The largest absolute Gasteiger partial charge is 0.398 e. The van der Waals surface area contributed by atoms with E-state index in [2.05, 4.69) is 0 Å². The van der Waals surface area contributed by atoms with E-state index < -0.39 is 7.60 Å². The Kier molecular flexibility index (Phi) is 6.06. The van der Waals surface area contributed by atoms with Gasteiger partial charge in [-0.15, -0.1) is 11.8 Å². The Morgan fingerprint density at radius 2 is 1.82 bits per heavy atom. The normalized spacial score (nSPS) is 11.6. The lowest BCUT2D eigenvalue weighted by Gasteiger charge is -2.16. The molecule has 0 heterocycles. The molecule has 0 spiro atoms. The Morgan fingerprint density at radius 1 is 1.24 bits per heavy atom. The maximum atomic E-state index is 12.2. The molecule has 0 radical (unpaired) electrons. The summed E-state index contributed by atoms with van der Waals surface area (Å²) in [4.78, 5) is 0.895. The summed E-state index contributed by atoms with van der Waals surface area (Å²) >= 11 is 1.40. The summed E-state index contributed by atoms with van der Waals surface area (Å²) < 4.78 is 22.6. The maximum Gasteiger partial charge on any atom is 0.340 e. The molecule has 0 aromatic heterocycles. The smallest absolute Gasteiger partial charge is 0.340 e. The molecule has 2 N–H and O–H groups in total. The lowest BCUT2D eigenvalue weighted by Crippen LogP contribution is -1.98. The van der Waals surface area contributed by atoms with Crippen LogP contribution in [0, 0.1) is 0 Å². The van der Waals surface area contributed by atoms with E-state index in [1.807, 2.05) is 24.3 Å². The summed E-state index contributed by atoms with van der Waals surface area (Å²) in [5.41, 5.74) is 6.76. The van der Waals surface area contributed by atoms with Crippen molar-refractivity contribution in [1.82, 2.24) is 0 Å². The third-order valence-corrected chi connectivity index (χ3v) is 5.72. The van der Waals surface area contributed by atoms with Gasteiger partial charge >= 0.3 is 7.60 Å². The molecule has 0 saturated heterocycles. The lowest BCUT2D eigenvalue weighted by atomic mass is 10.3. The third-order valence-electron chi connectivity index (χ3n) is 1.95. The van der Waals surface area contributed by atoms with E-state index in [1.54, 1.807) is 13.8 Å². The van der Waals surface area contributed by atoms with Crippen molar-refractivity contribution in [3.8, 4) is 0 Å². The van der Waals surface area contributed by atoms with Crippen LogP contribution in [0.4, 0.5) is 5.69 Å². The van der Waals surface area contributed by atoms with Gasteiger partial charge in [0.1, 0.15) is 5.49 Å². The molecule has 96 valence electrons. The van der Waals surface area contributed by atoms with Gasteiger partial charge in [0.15, 0.2) is 0 Å². The Bertz CT molecular complexity index is 390. The average molecular weight is 275 g/mol. The van der Waals surface area contributed by atoms with Crippen molar-refractivity contribution in [2.45, 2.75) is 18.7 Å². The second kappa shape index (κ2) is 7.07. The first kappa shape index (κ1) is 14.6. The van der Waals surface area contributed by atoms with E-state index >= 15 is 0 Å². The van der Waals surface area contributed by atoms with Crippen molar-refractivity contribution in [1.29, 1.82) is 0 Å². The summed E-state index contributed by atoms with van der Waals surface area (Å²) in [6, 6.07) is 7.46. The van der Waals surface area contributed by atoms with Crippen LogP contribution in [0.15, 0.2) is 29.2 Å². The third kappa shape index (κ3) is 4.72. The molecule has 0 aliphatic carbocycles. The molecule has 0 aliphatic heterocycles. The number of nitrogen functional groups attached to an aromatic ring is 1. The molecule has 0 bridgehead atoms. The molecule has 0 amide bonds. The van der Waals surface area contributed by atoms with Crippen molar-refractivity contribution in [3.05, 3.63) is 24.3 Å². The molecule has 0 aliphatic rings. The summed E-state index contributed by atoms with van der Waals surface area (Å²) in [6.45, 7) is 4.35. The molecule has 0 saturated carbocycles. The second-order valence-corrected chi connectivity index (χ2v) is 6.76. The second-order valence-electron chi connectivity index (χ2n) is 3.26. The Labute approximate surface area is 106 Å². The first-order valence-electron chi connectivity index (χ1n) is 5.46. The Morgan fingerprint density at radius 3 is 2.35 bits per heavy atom. The van der Waals surface area contributed by atoms with Crippen molar-refractivity contribution < 1.29 is 13.6 Å². The predicted molar refractivity (Wildman–Crippen MR) is 72.4 cm³/mol. The summed E-state index contributed by atoms with van der Waals surface area (Å²) in [5, 5.41) is 0. The number of hydrogen-bond acceptors (Lipinski definition) is 5. The van der Waals surface area contributed by atoms with Crippen molar-refractivity contribution in [3.63, 3.8) is 0 Å².